The molecule has 1 saturated heterocycles. The average molecular weight is 562 g/mol. The topological polar surface area (TPSA) is 118 Å². The molecular weight excluding hydrogens is 530 g/mol. The zero-order valence-electron chi connectivity index (χ0n) is 22.3. The van der Waals surface area contributed by atoms with Crippen LogP contribution in [0.3, 0.4) is 0 Å². The number of alkyl halides is 3. The van der Waals surface area contributed by atoms with Crippen molar-refractivity contribution in [1.82, 2.24) is 25.1 Å². The lowest BCUT2D eigenvalue weighted by atomic mass is 9.74. The number of carbonyl (C=O) groups excluding carboxylic acids is 2. The number of likely N-dealkylation sites (tertiary alicyclic amines) is 1. The van der Waals surface area contributed by atoms with Gasteiger partial charge in [0.05, 0.1) is 28.3 Å². The Labute approximate surface area is 228 Å². The molecule has 4 rings (SSSR count). The van der Waals surface area contributed by atoms with E-state index in [1.165, 1.54) is 4.90 Å². The van der Waals surface area contributed by atoms with Crippen LogP contribution in [0.1, 0.15) is 55.2 Å². The van der Waals surface area contributed by atoms with E-state index < -0.39 is 40.3 Å². The van der Waals surface area contributed by atoms with Crippen LogP contribution in [0.2, 0.25) is 0 Å². The van der Waals surface area contributed by atoms with Crippen molar-refractivity contribution < 1.29 is 27.2 Å². The van der Waals surface area contributed by atoms with Gasteiger partial charge in [-0.05, 0) is 57.9 Å². The third kappa shape index (κ3) is 5.93. The molecule has 0 atom stereocenters. The molecule has 9 nitrogen and oxygen atoms in total. The van der Waals surface area contributed by atoms with E-state index in [-0.39, 0.29) is 37.9 Å². The van der Waals surface area contributed by atoms with Gasteiger partial charge in [-0.2, -0.15) is 18.3 Å². The quantitative estimate of drug-likeness (QED) is 0.178. The van der Waals surface area contributed by atoms with Crippen LogP contribution in [0.5, 0.6) is 0 Å². The first-order valence-corrected chi connectivity index (χ1v) is 12.7. The molecule has 214 valence electrons. The summed E-state index contributed by atoms with van der Waals surface area (Å²) in [5, 5.41) is 7.61. The molecule has 2 amide bonds. The van der Waals surface area contributed by atoms with Crippen LogP contribution < -0.4 is 16.6 Å². The van der Waals surface area contributed by atoms with Gasteiger partial charge >= 0.3 is 6.18 Å². The molecule has 0 unspecified atom stereocenters. The Hall–Kier alpha value is -4.00. The van der Waals surface area contributed by atoms with E-state index >= 15 is 0 Å². The summed E-state index contributed by atoms with van der Waals surface area (Å²) in [6, 6.07) is 9.78. The second kappa shape index (κ2) is 10.9. The third-order valence-corrected chi connectivity index (χ3v) is 7.02. The minimum absolute atomic E-state index is 0.0185. The van der Waals surface area contributed by atoms with Gasteiger partial charge in [-0.1, -0.05) is 12.1 Å². The second-order valence-corrected chi connectivity index (χ2v) is 10.8. The Morgan fingerprint density at radius 2 is 1.73 bits per heavy atom. The van der Waals surface area contributed by atoms with Crippen molar-refractivity contribution in [2.75, 3.05) is 18.4 Å². The zero-order chi connectivity index (χ0) is 29.3. The molecule has 13 heteroatoms. The first-order valence-electron chi connectivity index (χ1n) is 12.7. The summed E-state index contributed by atoms with van der Waals surface area (Å²) in [4.78, 5) is 31.8. The molecule has 1 aromatic carbocycles. The number of aromatic nitrogens is 3. The SMILES string of the molecule is CC(C)(C)n1nccc1Nc1cccc(CC2(C(=O)NN)CCN(C(=O)c3cccc(C(F)(F)F)c3F)CC2)n1. The number of nitrogens with two attached hydrogens (primary N) is 1. The minimum atomic E-state index is -4.93. The highest BCUT2D eigenvalue weighted by Crippen LogP contribution is 2.37. The second-order valence-electron chi connectivity index (χ2n) is 10.8. The van der Waals surface area contributed by atoms with Gasteiger partial charge in [0, 0.05) is 31.3 Å². The summed E-state index contributed by atoms with van der Waals surface area (Å²) in [5.41, 5.74) is -0.675. The lowest BCUT2D eigenvalue weighted by Gasteiger charge is -2.40. The van der Waals surface area contributed by atoms with Crippen LogP contribution in [0.4, 0.5) is 29.2 Å². The Kier molecular flexibility index (Phi) is 7.88. The number of hydrogen-bond acceptors (Lipinski definition) is 6. The van der Waals surface area contributed by atoms with E-state index in [1.54, 1.807) is 24.4 Å². The average Bonchev–Trinajstić information content (AvgIpc) is 3.37. The number of hydrazine groups is 1. The van der Waals surface area contributed by atoms with Crippen LogP contribution in [-0.4, -0.2) is 44.6 Å². The van der Waals surface area contributed by atoms with Gasteiger partial charge in [0.25, 0.3) is 5.91 Å². The number of amides is 2. The van der Waals surface area contributed by atoms with Gasteiger partial charge in [-0.25, -0.2) is 19.9 Å². The lowest BCUT2D eigenvalue weighted by Crippen LogP contribution is -2.52. The highest BCUT2D eigenvalue weighted by molar-refractivity contribution is 5.95. The van der Waals surface area contributed by atoms with Crippen molar-refractivity contribution in [3.8, 4) is 0 Å². The molecule has 3 aromatic rings. The number of carbonyl (C=O) groups is 2. The number of piperidine rings is 1. The predicted molar refractivity (Wildman–Crippen MR) is 140 cm³/mol. The van der Waals surface area contributed by atoms with Crippen LogP contribution in [0.25, 0.3) is 0 Å². The number of nitrogens with one attached hydrogen (secondary N) is 2. The van der Waals surface area contributed by atoms with Gasteiger partial charge in [0.15, 0.2) is 0 Å². The van der Waals surface area contributed by atoms with Crippen LogP contribution >= 0.6 is 0 Å². The highest BCUT2D eigenvalue weighted by Gasteiger charge is 2.43. The first-order chi connectivity index (χ1) is 18.7. The molecule has 40 heavy (non-hydrogen) atoms. The van der Waals surface area contributed by atoms with Crippen molar-refractivity contribution in [1.29, 1.82) is 0 Å². The number of pyridine rings is 1. The van der Waals surface area contributed by atoms with Crippen molar-refractivity contribution in [2.24, 2.45) is 11.3 Å². The Balaban J connectivity index is 1.52. The molecule has 0 spiro atoms. The molecule has 3 heterocycles. The van der Waals surface area contributed by atoms with Gasteiger partial charge in [-0.15, -0.1) is 0 Å². The maximum atomic E-state index is 14.6. The Morgan fingerprint density at radius 3 is 2.35 bits per heavy atom. The van der Waals surface area contributed by atoms with E-state index in [1.807, 2.05) is 31.5 Å². The first kappa shape index (κ1) is 29.0. The molecule has 1 aliphatic heterocycles. The number of halogens is 4. The maximum Gasteiger partial charge on any atom is 0.419 e. The Morgan fingerprint density at radius 1 is 1.05 bits per heavy atom. The van der Waals surface area contributed by atoms with E-state index in [9.17, 15) is 27.2 Å². The highest BCUT2D eigenvalue weighted by atomic mass is 19.4. The molecule has 1 aliphatic rings. The number of rotatable bonds is 6. The smallest absolute Gasteiger partial charge is 0.338 e. The fourth-order valence-electron chi connectivity index (χ4n) is 4.92. The van der Waals surface area contributed by atoms with Crippen molar-refractivity contribution in [2.45, 2.75) is 51.7 Å². The standard InChI is InChI=1S/C27H31F4N7O2/c1-25(2,3)38-21(10-13-33-38)35-20-9-4-6-17(34-20)16-26(24(40)36-32)11-14-37(15-12-26)23(39)18-7-5-8-19(22(18)28)27(29,30)31/h4-10,13H,11-12,14-16,32H2,1-3H3,(H,34,35)(H,36,40). The van der Waals surface area contributed by atoms with Crippen molar-refractivity contribution >= 4 is 23.5 Å². The third-order valence-electron chi connectivity index (χ3n) is 7.02. The van der Waals surface area contributed by atoms with Crippen LogP contribution in [0, 0.1) is 11.2 Å². The lowest BCUT2D eigenvalue weighted by molar-refractivity contribution is -0.140. The summed E-state index contributed by atoms with van der Waals surface area (Å²) in [6.07, 6.45) is -2.75. The number of hydrogen-bond donors (Lipinski definition) is 3. The van der Waals surface area contributed by atoms with Gasteiger partial charge in [0.1, 0.15) is 17.5 Å². The molecule has 0 radical (unpaired) electrons. The molecule has 4 N–H and O–H groups in total. The largest absolute Gasteiger partial charge is 0.419 e. The summed E-state index contributed by atoms with van der Waals surface area (Å²) in [7, 11) is 0. The summed E-state index contributed by atoms with van der Waals surface area (Å²) in [5.74, 6) is 3.85. The number of anilines is 2. The van der Waals surface area contributed by atoms with E-state index in [2.05, 4.69) is 20.8 Å². The summed E-state index contributed by atoms with van der Waals surface area (Å²) < 4.78 is 55.8. The zero-order valence-corrected chi connectivity index (χ0v) is 22.3. The fraction of sp³-hybridized carbons (Fsp3) is 0.407. The molecule has 0 bridgehead atoms. The Bertz CT molecular complexity index is 1390. The van der Waals surface area contributed by atoms with E-state index in [4.69, 9.17) is 5.84 Å². The van der Waals surface area contributed by atoms with E-state index in [0.717, 1.165) is 18.0 Å². The van der Waals surface area contributed by atoms with Crippen molar-refractivity contribution in [3.63, 3.8) is 0 Å². The molecule has 0 aliphatic carbocycles. The van der Waals surface area contributed by atoms with Gasteiger partial charge in [-0.3, -0.25) is 15.0 Å². The van der Waals surface area contributed by atoms with Crippen molar-refractivity contribution in [3.05, 3.63) is 71.3 Å². The van der Waals surface area contributed by atoms with Crippen LogP contribution in [-0.2, 0) is 22.9 Å². The molecular formula is C27H31F4N7O2. The summed E-state index contributed by atoms with van der Waals surface area (Å²) in [6.45, 7) is 6.09. The van der Waals surface area contributed by atoms with Gasteiger partial charge in [0.2, 0.25) is 5.91 Å². The normalized spacial score (nSPS) is 15.6. The molecule has 0 saturated carbocycles. The number of benzene rings is 1. The molecule has 1 fully saturated rings. The minimum Gasteiger partial charge on any atom is -0.338 e. The number of nitrogens with zero attached hydrogens (tertiary/aromatic N) is 4. The monoisotopic (exact) mass is 561 g/mol. The molecule has 2 aromatic heterocycles. The van der Waals surface area contributed by atoms with E-state index in [0.29, 0.717) is 17.6 Å². The van der Waals surface area contributed by atoms with Crippen LogP contribution in [0.15, 0.2) is 48.7 Å². The summed E-state index contributed by atoms with van der Waals surface area (Å²) >= 11 is 0. The van der Waals surface area contributed by atoms with Gasteiger partial charge < -0.3 is 10.2 Å². The fourth-order valence-corrected chi connectivity index (χ4v) is 4.92. The maximum absolute atomic E-state index is 14.6. The predicted octanol–water partition coefficient (Wildman–Crippen LogP) is 4.39.